The maximum absolute atomic E-state index is 11.9. The van der Waals surface area contributed by atoms with Gasteiger partial charge in [-0.2, -0.15) is 0 Å². The second kappa shape index (κ2) is 13.6. The van der Waals surface area contributed by atoms with Crippen LogP contribution in [0.3, 0.4) is 0 Å². The topological polar surface area (TPSA) is 75.3 Å². The number of hydrogen-bond donors (Lipinski definition) is 2. The largest absolute Gasteiger partial charge is 1.00 e. The molecule has 1 aliphatic rings. The Morgan fingerprint density at radius 2 is 1.36 bits per heavy atom. The normalized spacial score (nSPS) is 16.9. The van der Waals surface area contributed by atoms with Crippen molar-refractivity contribution in [2.45, 2.75) is 66.7 Å². The Morgan fingerprint density at radius 1 is 0.955 bits per heavy atom. The summed E-state index contributed by atoms with van der Waals surface area (Å²) >= 11 is 0. The van der Waals surface area contributed by atoms with Gasteiger partial charge in [-0.3, -0.25) is 20.2 Å². The van der Waals surface area contributed by atoms with Crippen molar-refractivity contribution in [3.8, 4) is 0 Å². The standard InChI is InChI=1S/C11H18N2O3.C4H10.Al.Na.H/c1-4-6-7(3)11(5-2)8(14)12-10(16)13-9(11)15;1-3-4-2;;;/h7H,4-6H2,1-3H3,(H2,12,13,14,15,16);3-4H2,1-2H3;;;/q;;;+1;-1. The van der Waals surface area contributed by atoms with E-state index in [4.69, 9.17) is 0 Å². The average Bonchev–Trinajstić information content (AvgIpc) is 2.39. The molecule has 1 aliphatic heterocycles. The fraction of sp³-hybridized carbons (Fsp3) is 0.800. The summed E-state index contributed by atoms with van der Waals surface area (Å²) in [5, 5.41) is 4.36. The summed E-state index contributed by atoms with van der Waals surface area (Å²) in [7, 11) is 0. The van der Waals surface area contributed by atoms with E-state index >= 15 is 0 Å². The second-order valence-corrected chi connectivity index (χ2v) is 5.25. The van der Waals surface area contributed by atoms with E-state index in [1.807, 2.05) is 13.8 Å². The molecule has 1 fully saturated rings. The molecular formula is C15H29AlN2NaO3. The van der Waals surface area contributed by atoms with E-state index in [2.05, 4.69) is 24.5 Å². The van der Waals surface area contributed by atoms with Gasteiger partial charge in [-0.25, -0.2) is 4.79 Å². The third-order valence-corrected chi connectivity index (χ3v) is 3.89. The second-order valence-electron chi connectivity index (χ2n) is 5.25. The molecule has 0 bridgehead atoms. The van der Waals surface area contributed by atoms with Crippen LogP contribution in [0.15, 0.2) is 0 Å². The first kappa shape index (κ1) is 27.0. The number of rotatable bonds is 5. The third-order valence-electron chi connectivity index (χ3n) is 3.89. The fourth-order valence-electron chi connectivity index (χ4n) is 2.36. The van der Waals surface area contributed by atoms with Gasteiger partial charge in [0.2, 0.25) is 11.8 Å². The molecule has 0 saturated carbocycles. The number of nitrogens with one attached hydrogen (secondary N) is 2. The number of urea groups is 1. The van der Waals surface area contributed by atoms with Crippen LogP contribution in [0.5, 0.6) is 0 Å². The van der Waals surface area contributed by atoms with Crippen LogP contribution in [-0.2, 0) is 9.59 Å². The van der Waals surface area contributed by atoms with Gasteiger partial charge in [0, 0.05) is 17.4 Å². The summed E-state index contributed by atoms with van der Waals surface area (Å²) in [6, 6.07) is -0.720. The molecule has 1 saturated heterocycles. The SMILES string of the molecule is CCCC.CCCC(C)C1(CC)C(=O)NC(=O)NC1=O.[Al].[H-].[Na+]. The zero-order chi connectivity index (χ0) is 15.8. The molecule has 7 heteroatoms. The van der Waals surface area contributed by atoms with Crippen LogP contribution in [0.4, 0.5) is 4.79 Å². The minimum absolute atomic E-state index is 0. The molecular weight excluding hydrogens is 306 g/mol. The molecule has 5 nitrogen and oxygen atoms in total. The van der Waals surface area contributed by atoms with Crippen LogP contribution >= 0.6 is 0 Å². The molecule has 1 rings (SSSR count). The van der Waals surface area contributed by atoms with E-state index in [0.717, 1.165) is 12.8 Å². The van der Waals surface area contributed by atoms with Crippen LogP contribution in [0.25, 0.3) is 0 Å². The number of hydrogen-bond acceptors (Lipinski definition) is 3. The van der Waals surface area contributed by atoms with Gasteiger partial charge in [-0.1, -0.05) is 53.9 Å². The summed E-state index contributed by atoms with van der Waals surface area (Å²) in [4.78, 5) is 34.8. The number of carbonyl (C=O) groups excluding carboxylic acids is 3. The summed E-state index contributed by atoms with van der Waals surface area (Å²) < 4.78 is 0. The van der Waals surface area contributed by atoms with Gasteiger partial charge in [-0.15, -0.1) is 0 Å². The first-order valence-electron chi connectivity index (χ1n) is 7.57. The van der Waals surface area contributed by atoms with Crippen LogP contribution in [0.1, 0.15) is 68.1 Å². The van der Waals surface area contributed by atoms with Gasteiger partial charge < -0.3 is 1.43 Å². The summed E-state index contributed by atoms with van der Waals surface area (Å²) in [5.74, 6) is -1.01. The molecule has 1 atom stereocenters. The number of carbonyl (C=O) groups is 3. The molecule has 0 aromatic heterocycles. The van der Waals surface area contributed by atoms with E-state index in [0.29, 0.717) is 6.42 Å². The first-order chi connectivity index (χ1) is 9.40. The fourth-order valence-corrected chi connectivity index (χ4v) is 2.36. The molecule has 0 aliphatic carbocycles. The minimum atomic E-state index is -1.09. The van der Waals surface area contributed by atoms with E-state index in [9.17, 15) is 14.4 Å². The first-order valence-corrected chi connectivity index (χ1v) is 7.57. The Bertz CT molecular complexity index is 349. The Hall–Kier alpha value is 0.142. The smallest absolute Gasteiger partial charge is 1.00 e. The van der Waals surface area contributed by atoms with Gasteiger partial charge >= 0.3 is 35.6 Å². The summed E-state index contributed by atoms with van der Waals surface area (Å²) in [5.41, 5.74) is -1.09. The van der Waals surface area contributed by atoms with E-state index in [-0.39, 0.29) is 54.3 Å². The van der Waals surface area contributed by atoms with Gasteiger partial charge in [0.15, 0.2) is 0 Å². The van der Waals surface area contributed by atoms with E-state index in [1.165, 1.54) is 12.8 Å². The monoisotopic (exact) mass is 335 g/mol. The van der Waals surface area contributed by atoms with Crippen molar-refractivity contribution < 1.29 is 45.4 Å². The van der Waals surface area contributed by atoms with Crippen LogP contribution < -0.4 is 40.2 Å². The average molecular weight is 335 g/mol. The molecule has 0 aromatic carbocycles. The zero-order valence-corrected chi connectivity index (χ0v) is 18.1. The molecule has 4 amide bonds. The Kier molecular flexibility index (Phi) is 16.7. The Balaban J connectivity index is -0.000000232. The van der Waals surface area contributed by atoms with Gasteiger partial charge in [0.1, 0.15) is 5.41 Å². The molecule has 1 unspecified atom stereocenters. The van der Waals surface area contributed by atoms with Gasteiger partial charge in [0.25, 0.3) is 0 Å². The summed E-state index contributed by atoms with van der Waals surface area (Å²) in [6.45, 7) is 10.0. The molecule has 3 radical (unpaired) electrons. The van der Waals surface area contributed by atoms with E-state index < -0.39 is 23.3 Å². The van der Waals surface area contributed by atoms with E-state index in [1.54, 1.807) is 6.92 Å². The zero-order valence-electron chi connectivity index (χ0n) is 15.9. The van der Waals surface area contributed by atoms with Crippen molar-refractivity contribution in [1.82, 2.24) is 10.6 Å². The number of imide groups is 2. The predicted octanol–water partition coefficient (Wildman–Crippen LogP) is -0.273. The number of barbiturate groups is 1. The van der Waals surface area contributed by atoms with Crippen molar-refractivity contribution in [2.24, 2.45) is 11.3 Å². The van der Waals surface area contributed by atoms with Gasteiger partial charge in [0.05, 0.1) is 0 Å². The maximum Gasteiger partial charge on any atom is 1.00 e. The van der Waals surface area contributed by atoms with Crippen molar-refractivity contribution in [2.75, 3.05) is 0 Å². The van der Waals surface area contributed by atoms with Gasteiger partial charge in [-0.05, 0) is 18.8 Å². The minimum Gasteiger partial charge on any atom is -1.00 e. The molecule has 1 heterocycles. The molecule has 2 N–H and O–H groups in total. The van der Waals surface area contributed by atoms with Crippen LogP contribution in [0.2, 0.25) is 0 Å². The molecule has 0 aromatic rings. The maximum atomic E-state index is 11.9. The third kappa shape index (κ3) is 6.72. The Morgan fingerprint density at radius 3 is 1.64 bits per heavy atom. The predicted molar refractivity (Wildman–Crippen MR) is 85.9 cm³/mol. The van der Waals surface area contributed by atoms with Crippen molar-refractivity contribution in [1.29, 1.82) is 0 Å². The summed E-state index contributed by atoms with van der Waals surface area (Å²) in [6.07, 6.45) is 4.72. The van der Waals surface area contributed by atoms with Crippen molar-refractivity contribution in [3.63, 3.8) is 0 Å². The molecule has 0 spiro atoms. The Labute approximate surface area is 168 Å². The molecule has 22 heavy (non-hydrogen) atoms. The quantitative estimate of drug-likeness (QED) is 0.536. The van der Waals surface area contributed by atoms with Crippen molar-refractivity contribution >= 4 is 35.2 Å². The number of amides is 4. The van der Waals surface area contributed by atoms with Crippen molar-refractivity contribution in [3.05, 3.63) is 0 Å². The van der Waals surface area contributed by atoms with Crippen LogP contribution in [0, 0.1) is 11.3 Å². The number of unbranched alkanes of at least 4 members (excludes halogenated alkanes) is 1. The van der Waals surface area contributed by atoms with Crippen LogP contribution in [-0.4, -0.2) is 35.2 Å². The molecule has 121 valence electrons.